The molecule has 9 aromatic rings. The molecule has 44 heavy (non-hydrogen) atoms. The third-order valence-electron chi connectivity index (χ3n) is 8.30. The molecular weight excluding hydrogens is 540 g/mol. The molecule has 0 N–H and O–H groups in total. The van der Waals surface area contributed by atoms with Crippen LogP contribution >= 0.6 is 0 Å². The maximum Gasteiger partial charge on any atom is 0.145 e. The van der Waals surface area contributed by atoms with Crippen LogP contribution in [-0.2, 0) is 0 Å². The van der Waals surface area contributed by atoms with E-state index in [1.165, 1.54) is 5.39 Å². The van der Waals surface area contributed by atoms with Crippen molar-refractivity contribution < 1.29 is 4.42 Å². The zero-order valence-electron chi connectivity index (χ0n) is 23.6. The summed E-state index contributed by atoms with van der Waals surface area (Å²) < 4.78 is 8.97. The summed E-state index contributed by atoms with van der Waals surface area (Å²) in [6.45, 7) is 0. The number of rotatable bonds is 4. The van der Waals surface area contributed by atoms with Gasteiger partial charge in [0, 0.05) is 34.2 Å². The van der Waals surface area contributed by atoms with Gasteiger partial charge in [-0.25, -0.2) is 4.98 Å². The summed E-state index contributed by atoms with van der Waals surface area (Å²) in [4.78, 5) is 14.1. The molecule has 5 aromatic heterocycles. The van der Waals surface area contributed by atoms with Crippen LogP contribution in [0.3, 0.4) is 0 Å². The highest BCUT2D eigenvalue weighted by molar-refractivity contribution is 6.24. The molecule has 0 fully saturated rings. The average Bonchev–Trinajstić information content (AvgIpc) is 3.64. The SMILES string of the molecule is c1ccc(-n2c3ccccc3c3c4oc5ccc(-c6cc(-c7ccccn7)nc(-c7ccccn7)c6)cc5c4ccc32)cc1. The first-order chi connectivity index (χ1) is 21.8. The normalized spacial score (nSPS) is 11.6. The van der Waals surface area contributed by atoms with Gasteiger partial charge < -0.3 is 8.98 Å². The van der Waals surface area contributed by atoms with Crippen molar-refractivity contribution in [2.24, 2.45) is 0 Å². The van der Waals surface area contributed by atoms with Crippen molar-refractivity contribution in [2.45, 2.75) is 0 Å². The van der Waals surface area contributed by atoms with E-state index in [0.29, 0.717) is 0 Å². The summed E-state index contributed by atoms with van der Waals surface area (Å²) in [6.07, 6.45) is 3.59. The minimum absolute atomic E-state index is 0.802. The van der Waals surface area contributed by atoms with E-state index in [1.807, 2.05) is 42.5 Å². The lowest BCUT2D eigenvalue weighted by atomic mass is 10.00. The highest BCUT2D eigenvalue weighted by atomic mass is 16.3. The van der Waals surface area contributed by atoms with E-state index < -0.39 is 0 Å². The summed E-state index contributed by atoms with van der Waals surface area (Å²) in [5.41, 5.74) is 10.5. The van der Waals surface area contributed by atoms with Crippen molar-refractivity contribution in [2.75, 3.05) is 0 Å². The molecule has 0 bridgehead atoms. The van der Waals surface area contributed by atoms with Crippen molar-refractivity contribution >= 4 is 43.7 Å². The van der Waals surface area contributed by atoms with E-state index in [9.17, 15) is 0 Å². The van der Waals surface area contributed by atoms with E-state index in [1.54, 1.807) is 12.4 Å². The van der Waals surface area contributed by atoms with Crippen molar-refractivity contribution in [3.63, 3.8) is 0 Å². The van der Waals surface area contributed by atoms with Crippen LogP contribution in [0.2, 0.25) is 0 Å². The van der Waals surface area contributed by atoms with Gasteiger partial charge in [-0.1, -0.05) is 54.6 Å². The number of furan rings is 1. The van der Waals surface area contributed by atoms with Crippen LogP contribution in [0.25, 0.3) is 83.3 Å². The van der Waals surface area contributed by atoms with Gasteiger partial charge in [0.15, 0.2) is 0 Å². The first-order valence-electron chi connectivity index (χ1n) is 14.6. The summed E-state index contributed by atoms with van der Waals surface area (Å²) in [7, 11) is 0. The van der Waals surface area contributed by atoms with E-state index in [0.717, 1.165) is 77.9 Å². The van der Waals surface area contributed by atoms with Crippen LogP contribution in [0.1, 0.15) is 0 Å². The average molecular weight is 565 g/mol. The van der Waals surface area contributed by atoms with Crippen LogP contribution in [0.5, 0.6) is 0 Å². The van der Waals surface area contributed by atoms with E-state index in [2.05, 4.69) is 106 Å². The lowest BCUT2D eigenvalue weighted by molar-refractivity contribution is 0.673. The molecule has 9 rings (SSSR count). The number of hydrogen-bond donors (Lipinski definition) is 0. The molecular formula is C39H24N4O. The Morgan fingerprint density at radius 2 is 1.18 bits per heavy atom. The number of benzene rings is 4. The molecule has 4 aromatic carbocycles. The summed E-state index contributed by atoms with van der Waals surface area (Å²) in [5.74, 6) is 0. The second-order valence-electron chi connectivity index (χ2n) is 10.9. The molecule has 5 heterocycles. The molecule has 0 aliphatic carbocycles. The maximum absolute atomic E-state index is 6.65. The third-order valence-corrected chi connectivity index (χ3v) is 8.30. The number of pyridine rings is 3. The predicted molar refractivity (Wildman–Crippen MR) is 178 cm³/mol. The second kappa shape index (κ2) is 9.75. The fourth-order valence-corrected chi connectivity index (χ4v) is 6.31. The molecule has 0 spiro atoms. The van der Waals surface area contributed by atoms with E-state index >= 15 is 0 Å². The summed E-state index contributed by atoms with van der Waals surface area (Å²) in [5, 5.41) is 4.46. The standard InChI is InChI=1S/C39H24N4O/c1-2-10-27(11-3-1)43-35-15-5-4-12-29(35)38-36(43)18-17-28-30-22-25(16-19-37(30)44-39(28)38)26-23-33(31-13-6-8-20-40-31)42-34(24-26)32-14-7-9-21-41-32/h1-24H. The molecule has 0 unspecified atom stereocenters. The fraction of sp³-hybridized carbons (Fsp3) is 0. The molecule has 5 heteroatoms. The summed E-state index contributed by atoms with van der Waals surface area (Å²) >= 11 is 0. The molecule has 5 nitrogen and oxygen atoms in total. The first-order valence-corrected chi connectivity index (χ1v) is 14.6. The largest absolute Gasteiger partial charge is 0.455 e. The highest BCUT2D eigenvalue weighted by Crippen LogP contribution is 2.41. The van der Waals surface area contributed by atoms with Gasteiger partial charge in [-0.05, 0) is 90.0 Å². The minimum atomic E-state index is 0.802. The zero-order valence-corrected chi connectivity index (χ0v) is 23.6. The Hall–Kier alpha value is -6.07. The molecule has 0 saturated carbocycles. The van der Waals surface area contributed by atoms with Gasteiger partial charge in [-0.15, -0.1) is 0 Å². The van der Waals surface area contributed by atoms with Gasteiger partial charge in [0.25, 0.3) is 0 Å². The van der Waals surface area contributed by atoms with Crippen molar-refractivity contribution in [3.8, 4) is 39.6 Å². The first kappa shape index (κ1) is 24.5. The number of fused-ring (bicyclic) bond motifs is 7. The van der Waals surface area contributed by atoms with Crippen molar-refractivity contribution in [1.82, 2.24) is 19.5 Å². The van der Waals surface area contributed by atoms with Crippen LogP contribution in [0.15, 0.2) is 150 Å². The van der Waals surface area contributed by atoms with Crippen LogP contribution < -0.4 is 0 Å². The van der Waals surface area contributed by atoms with E-state index in [4.69, 9.17) is 9.40 Å². The maximum atomic E-state index is 6.65. The lowest BCUT2D eigenvalue weighted by Crippen LogP contribution is -1.93. The molecule has 206 valence electrons. The number of aromatic nitrogens is 4. The topological polar surface area (TPSA) is 56.7 Å². The highest BCUT2D eigenvalue weighted by Gasteiger charge is 2.19. The smallest absolute Gasteiger partial charge is 0.145 e. The van der Waals surface area contributed by atoms with Crippen molar-refractivity contribution in [1.29, 1.82) is 0 Å². The Balaban J connectivity index is 1.27. The van der Waals surface area contributed by atoms with Gasteiger partial charge in [0.2, 0.25) is 0 Å². The number of hydrogen-bond acceptors (Lipinski definition) is 4. The van der Waals surface area contributed by atoms with Gasteiger partial charge in [0.05, 0.1) is 39.2 Å². The van der Waals surface area contributed by atoms with Crippen LogP contribution in [-0.4, -0.2) is 19.5 Å². The van der Waals surface area contributed by atoms with Gasteiger partial charge in [0.1, 0.15) is 11.2 Å². The van der Waals surface area contributed by atoms with Gasteiger partial charge >= 0.3 is 0 Å². The van der Waals surface area contributed by atoms with Gasteiger partial charge in [-0.3, -0.25) is 9.97 Å². The molecule has 0 amide bonds. The molecule has 0 atom stereocenters. The monoisotopic (exact) mass is 564 g/mol. The Morgan fingerprint density at radius 3 is 1.91 bits per heavy atom. The fourth-order valence-electron chi connectivity index (χ4n) is 6.31. The number of nitrogens with zero attached hydrogens (tertiary/aromatic N) is 4. The zero-order chi connectivity index (χ0) is 29.0. The predicted octanol–water partition coefficient (Wildman–Crippen LogP) is 9.87. The number of para-hydroxylation sites is 2. The van der Waals surface area contributed by atoms with Crippen LogP contribution in [0, 0.1) is 0 Å². The third kappa shape index (κ3) is 3.83. The summed E-state index contributed by atoms with van der Waals surface area (Å²) in [6, 6.07) is 45.9. The Labute approximate surface area is 252 Å². The van der Waals surface area contributed by atoms with Crippen LogP contribution in [0.4, 0.5) is 0 Å². The van der Waals surface area contributed by atoms with Crippen molar-refractivity contribution in [3.05, 3.63) is 146 Å². The minimum Gasteiger partial charge on any atom is -0.455 e. The second-order valence-corrected chi connectivity index (χ2v) is 10.9. The molecule has 0 saturated heterocycles. The Kier molecular flexibility index (Phi) is 5.43. The Bertz CT molecular complexity index is 2420. The quantitative estimate of drug-likeness (QED) is 0.213. The Morgan fingerprint density at radius 1 is 0.477 bits per heavy atom. The lowest BCUT2D eigenvalue weighted by Gasteiger charge is -2.09. The molecule has 0 aliphatic rings. The van der Waals surface area contributed by atoms with Gasteiger partial charge in [-0.2, -0.15) is 0 Å². The molecule has 0 radical (unpaired) electrons. The molecule has 0 aliphatic heterocycles. The van der Waals surface area contributed by atoms with E-state index in [-0.39, 0.29) is 0 Å².